The monoisotopic (exact) mass is 204 g/mol. The summed E-state index contributed by atoms with van der Waals surface area (Å²) < 4.78 is 0. The van der Waals surface area contributed by atoms with Crippen LogP contribution in [0.15, 0.2) is 0 Å². The molecule has 5 heteroatoms. The van der Waals surface area contributed by atoms with Crippen LogP contribution in [0, 0.1) is 0 Å². The van der Waals surface area contributed by atoms with Gasteiger partial charge in [0, 0.05) is 38.5 Å². The number of hydrogen-bond acceptors (Lipinski definition) is 2. The molecule has 0 radical (unpaired) electrons. The minimum absolute atomic E-state index is 0.0838. The predicted octanol–water partition coefficient (Wildman–Crippen LogP) is -0.0841. The van der Waals surface area contributed by atoms with E-state index in [9.17, 15) is 9.59 Å². The molecule has 0 unspecified atom stereocenters. The first kappa shape index (κ1) is 10.3. The van der Waals surface area contributed by atoms with E-state index in [1.807, 2.05) is 0 Å². The van der Waals surface area contributed by atoms with Crippen LogP contribution in [0.5, 0.6) is 0 Å². The molecule has 2 amide bonds. The highest BCUT2D eigenvalue weighted by Gasteiger charge is 2.18. The molecular formula is C8H13ClN2O2. The number of rotatable bonds is 3. The van der Waals surface area contributed by atoms with Gasteiger partial charge in [-0.3, -0.25) is 9.59 Å². The lowest BCUT2D eigenvalue weighted by Gasteiger charge is -2.32. The number of amides is 2. The minimum atomic E-state index is 0.0838. The first-order valence-electron chi connectivity index (χ1n) is 4.31. The fourth-order valence-corrected chi connectivity index (χ4v) is 1.48. The van der Waals surface area contributed by atoms with Crippen molar-refractivity contribution in [3.63, 3.8) is 0 Å². The molecule has 74 valence electrons. The summed E-state index contributed by atoms with van der Waals surface area (Å²) in [6.45, 7) is 2.54. The van der Waals surface area contributed by atoms with Crippen LogP contribution in [-0.4, -0.2) is 54.2 Å². The molecule has 0 saturated carbocycles. The van der Waals surface area contributed by atoms with E-state index < -0.39 is 0 Å². The Morgan fingerprint density at radius 3 is 2.38 bits per heavy atom. The third kappa shape index (κ3) is 2.88. The second-order valence-electron chi connectivity index (χ2n) is 2.96. The number of piperazine rings is 1. The van der Waals surface area contributed by atoms with E-state index in [4.69, 9.17) is 11.6 Å². The molecule has 13 heavy (non-hydrogen) atoms. The lowest BCUT2D eigenvalue weighted by Crippen LogP contribution is -2.48. The Labute approximate surface area is 82.4 Å². The summed E-state index contributed by atoms with van der Waals surface area (Å²) in [4.78, 5) is 25.1. The van der Waals surface area contributed by atoms with Gasteiger partial charge in [-0.2, -0.15) is 0 Å². The molecule has 0 bridgehead atoms. The van der Waals surface area contributed by atoms with Crippen molar-refractivity contribution >= 4 is 23.9 Å². The molecule has 1 aliphatic heterocycles. The molecule has 1 heterocycles. The Hall–Kier alpha value is -0.770. The summed E-state index contributed by atoms with van der Waals surface area (Å²) in [6.07, 6.45) is 1.21. The molecular weight excluding hydrogens is 192 g/mol. The predicted molar refractivity (Wildman–Crippen MR) is 49.6 cm³/mol. The third-order valence-corrected chi connectivity index (χ3v) is 2.31. The van der Waals surface area contributed by atoms with Crippen molar-refractivity contribution < 1.29 is 9.59 Å². The zero-order chi connectivity index (χ0) is 9.68. The van der Waals surface area contributed by atoms with E-state index in [2.05, 4.69) is 0 Å². The van der Waals surface area contributed by atoms with Gasteiger partial charge in [0.2, 0.25) is 12.3 Å². The summed E-state index contributed by atoms with van der Waals surface area (Å²) in [5, 5.41) is 0. The van der Waals surface area contributed by atoms with E-state index in [1.54, 1.807) is 9.80 Å². The summed E-state index contributed by atoms with van der Waals surface area (Å²) in [6, 6.07) is 0. The van der Waals surface area contributed by atoms with Crippen molar-refractivity contribution in [2.45, 2.75) is 6.42 Å². The van der Waals surface area contributed by atoms with E-state index in [-0.39, 0.29) is 5.91 Å². The number of nitrogens with zero attached hydrogens (tertiary/aromatic N) is 2. The Kier molecular flexibility index (Phi) is 4.02. The van der Waals surface area contributed by atoms with Gasteiger partial charge in [0.15, 0.2) is 0 Å². The molecule has 0 aromatic carbocycles. The zero-order valence-electron chi connectivity index (χ0n) is 7.41. The second kappa shape index (κ2) is 5.07. The molecule has 0 atom stereocenters. The highest BCUT2D eigenvalue weighted by molar-refractivity contribution is 6.18. The van der Waals surface area contributed by atoms with Crippen molar-refractivity contribution in [3.8, 4) is 0 Å². The summed E-state index contributed by atoms with van der Waals surface area (Å²) >= 11 is 5.46. The van der Waals surface area contributed by atoms with Crippen molar-refractivity contribution in [2.75, 3.05) is 32.1 Å². The number of alkyl halides is 1. The van der Waals surface area contributed by atoms with Gasteiger partial charge in [-0.1, -0.05) is 0 Å². The van der Waals surface area contributed by atoms with Crippen molar-refractivity contribution in [1.29, 1.82) is 0 Å². The maximum Gasteiger partial charge on any atom is 0.223 e. The van der Waals surface area contributed by atoms with E-state index in [0.717, 1.165) is 6.41 Å². The van der Waals surface area contributed by atoms with Crippen LogP contribution >= 0.6 is 11.6 Å². The van der Waals surface area contributed by atoms with Gasteiger partial charge in [0.25, 0.3) is 0 Å². The number of hydrogen-bond donors (Lipinski definition) is 0. The Morgan fingerprint density at radius 1 is 1.31 bits per heavy atom. The summed E-state index contributed by atoms with van der Waals surface area (Å²) in [7, 11) is 0. The Bertz CT molecular complexity index is 191. The van der Waals surface area contributed by atoms with Gasteiger partial charge in [-0.25, -0.2) is 0 Å². The molecule has 1 rings (SSSR count). The Morgan fingerprint density at radius 2 is 1.92 bits per heavy atom. The standard InChI is InChI=1S/C8H13ClN2O2/c9-2-1-8(13)11-5-3-10(7-12)4-6-11/h7H,1-6H2. The van der Waals surface area contributed by atoms with Gasteiger partial charge in [0.1, 0.15) is 0 Å². The smallest absolute Gasteiger partial charge is 0.223 e. The first-order chi connectivity index (χ1) is 6.27. The average molecular weight is 205 g/mol. The average Bonchev–Trinajstić information content (AvgIpc) is 2.18. The molecule has 0 aliphatic carbocycles. The SMILES string of the molecule is O=CN1CCN(C(=O)CCCl)CC1. The highest BCUT2D eigenvalue weighted by Crippen LogP contribution is 2.02. The van der Waals surface area contributed by atoms with Crippen LogP contribution in [0.2, 0.25) is 0 Å². The lowest BCUT2D eigenvalue weighted by molar-refractivity contribution is -0.134. The summed E-state index contributed by atoms with van der Waals surface area (Å²) in [5.41, 5.74) is 0. The largest absolute Gasteiger partial charge is 0.342 e. The molecule has 0 aromatic heterocycles. The van der Waals surface area contributed by atoms with E-state index in [0.29, 0.717) is 38.5 Å². The van der Waals surface area contributed by atoms with Crippen LogP contribution in [0.4, 0.5) is 0 Å². The molecule has 1 aliphatic rings. The normalized spacial score (nSPS) is 17.3. The molecule has 4 nitrogen and oxygen atoms in total. The van der Waals surface area contributed by atoms with Gasteiger partial charge in [0.05, 0.1) is 0 Å². The number of carbonyl (C=O) groups is 2. The molecule has 0 N–H and O–H groups in total. The number of carbonyl (C=O) groups excluding carboxylic acids is 2. The Balaban J connectivity index is 2.31. The van der Waals surface area contributed by atoms with Gasteiger partial charge in [-0.15, -0.1) is 11.6 Å². The third-order valence-electron chi connectivity index (χ3n) is 2.12. The van der Waals surface area contributed by atoms with Crippen molar-refractivity contribution in [3.05, 3.63) is 0 Å². The first-order valence-corrected chi connectivity index (χ1v) is 4.84. The second-order valence-corrected chi connectivity index (χ2v) is 3.34. The maximum absolute atomic E-state index is 11.3. The summed E-state index contributed by atoms with van der Waals surface area (Å²) in [5.74, 6) is 0.452. The van der Waals surface area contributed by atoms with Gasteiger partial charge in [-0.05, 0) is 0 Å². The van der Waals surface area contributed by atoms with Crippen molar-refractivity contribution in [1.82, 2.24) is 9.80 Å². The van der Waals surface area contributed by atoms with E-state index >= 15 is 0 Å². The van der Waals surface area contributed by atoms with Crippen molar-refractivity contribution in [2.24, 2.45) is 0 Å². The van der Waals surface area contributed by atoms with Crippen LogP contribution in [-0.2, 0) is 9.59 Å². The van der Waals surface area contributed by atoms with Gasteiger partial charge < -0.3 is 9.80 Å². The van der Waals surface area contributed by atoms with E-state index in [1.165, 1.54) is 0 Å². The molecule has 1 fully saturated rings. The van der Waals surface area contributed by atoms with Gasteiger partial charge >= 0.3 is 0 Å². The molecule has 1 saturated heterocycles. The minimum Gasteiger partial charge on any atom is -0.342 e. The quantitative estimate of drug-likeness (QED) is 0.477. The fraction of sp³-hybridized carbons (Fsp3) is 0.750. The fourth-order valence-electron chi connectivity index (χ4n) is 1.32. The maximum atomic E-state index is 11.3. The molecule has 0 spiro atoms. The topological polar surface area (TPSA) is 40.6 Å². The zero-order valence-corrected chi connectivity index (χ0v) is 8.16. The van der Waals surface area contributed by atoms with Crippen LogP contribution in [0.1, 0.15) is 6.42 Å². The van der Waals surface area contributed by atoms with Crippen LogP contribution in [0.3, 0.4) is 0 Å². The number of halogens is 1. The molecule has 0 aromatic rings. The highest BCUT2D eigenvalue weighted by atomic mass is 35.5. The van der Waals surface area contributed by atoms with Crippen LogP contribution in [0.25, 0.3) is 0 Å². The van der Waals surface area contributed by atoms with Crippen LogP contribution < -0.4 is 0 Å². The lowest BCUT2D eigenvalue weighted by atomic mass is 10.3.